The molecular weight excluding hydrogens is 390 g/mol. The molecule has 1 unspecified atom stereocenters. The normalized spacial score (nSPS) is 19.6. The smallest absolute Gasteiger partial charge is 0.268 e. The van der Waals surface area contributed by atoms with Gasteiger partial charge in [0, 0.05) is 16.1 Å². The average molecular weight is 408 g/mol. The monoisotopic (exact) mass is 407 g/mol. The molecule has 1 N–H and O–H groups in total. The van der Waals surface area contributed by atoms with E-state index in [0.29, 0.717) is 39.9 Å². The van der Waals surface area contributed by atoms with Gasteiger partial charge in [0.2, 0.25) is 6.79 Å². The van der Waals surface area contributed by atoms with E-state index >= 15 is 0 Å². The van der Waals surface area contributed by atoms with Crippen molar-refractivity contribution in [2.45, 2.75) is 19.1 Å². The van der Waals surface area contributed by atoms with Gasteiger partial charge >= 0.3 is 0 Å². The van der Waals surface area contributed by atoms with Gasteiger partial charge in [-0.25, -0.2) is 0 Å². The molecule has 5 nitrogen and oxygen atoms in total. The van der Waals surface area contributed by atoms with Crippen molar-refractivity contribution in [3.05, 3.63) is 87.9 Å². The molecule has 0 aliphatic carbocycles. The number of ether oxygens (including phenoxy) is 2. The van der Waals surface area contributed by atoms with E-state index in [1.54, 1.807) is 35.2 Å². The number of fused-ring (bicyclic) bond motifs is 2. The Morgan fingerprint density at radius 1 is 1.03 bits per heavy atom. The number of hydrogen-bond acceptors (Lipinski definition) is 4. The number of carbonyl (C=O) groups is 1. The second-order valence-electron chi connectivity index (χ2n) is 7.32. The fraction of sp³-hybridized carbons (Fsp3) is 0.174. The number of anilines is 1. The number of hydrogen-bond donors (Lipinski definition) is 1. The predicted molar refractivity (Wildman–Crippen MR) is 109 cm³/mol. The van der Waals surface area contributed by atoms with Gasteiger partial charge in [0.25, 0.3) is 5.91 Å². The summed E-state index contributed by atoms with van der Waals surface area (Å²) in [5.41, 5.74) is 1.80. The Morgan fingerprint density at radius 3 is 2.59 bits per heavy atom. The molecule has 1 amide bonds. The van der Waals surface area contributed by atoms with Gasteiger partial charge in [-0.15, -0.1) is 0 Å². The third-order valence-electron chi connectivity index (χ3n) is 5.43. The zero-order valence-corrected chi connectivity index (χ0v) is 16.4. The molecule has 146 valence electrons. The van der Waals surface area contributed by atoms with Gasteiger partial charge in [-0.05, 0) is 42.8 Å². The largest absolute Gasteiger partial charge is 0.454 e. The van der Waals surface area contributed by atoms with Crippen LogP contribution in [0.25, 0.3) is 0 Å². The van der Waals surface area contributed by atoms with Gasteiger partial charge in [-0.3, -0.25) is 4.79 Å². The topological polar surface area (TPSA) is 59.0 Å². The minimum absolute atomic E-state index is 0.129. The van der Waals surface area contributed by atoms with E-state index in [1.807, 2.05) is 37.3 Å². The third kappa shape index (κ3) is 2.77. The van der Waals surface area contributed by atoms with Crippen LogP contribution in [0.5, 0.6) is 11.5 Å². The van der Waals surface area contributed by atoms with Gasteiger partial charge in [0.05, 0.1) is 12.2 Å². The SMILES string of the molecule is Cc1ccc2c(c1)C(O)(c1ccc3c(c1)OCO3)C(=O)N2Cc1ccc(Cl)cc1. The van der Waals surface area contributed by atoms with Crippen LogP contribution < -0.4 is 14.4 Å². The van der Waals surface area contributed by atoms with E-state index in [4.69, 9.17) is 21.1 Å². The fourth-order valence-corrected chi connectivity index (χ4v) is 4.05. The predicted octanol–water partition coefficient (Wildman–Crippen LogP) is 4.16. The molecule has 2 aliphatic heterocycles. The van der Waals surface area contributed by atoms with E-state index in [-0.39, 0.29) is 6.79 Å². The van der Waals surface area contributed by atoms with Crippen molar-refractivity contribution in [2.24, 2.45) is 0 Å². The Hall–Kier alpha value is -3.02. The van der Waals surface area contributed by atoms with Crippen LogP contribution in [0.2, 0.25) is 5.02 Å². The van der Waals surface area contributed by atoms with Crippen LogP contribution in [0, 0.1) is 6.92 Å². The van der Waals surface area contributed by atoms with Crippen LogP contribution in [-0.2, 0) is 16.9 Å². The van der Waals surface area contributed by atoms with Gasteiger partial charge in [0.15, 0.2) is 17.1 Å². The van der Waals surface area contributed by atoms with Crippen LogP contribution in [0.15, 0.2) is 60.7 Å². The molecule has 5 rings (SSSR count). The van der Waals surface area contributed by atoms with Crippen LogP contribution >= 0.6 is 11.6 Å². The summed E-state index contributed by atoms with van der Waals surface area (Å²) in [6.45, 7) is 2.40. The van der Waals surface area contributed by atoms with Crippen LogP contribution in [-0.4, -0.2) is 17.8 Å². The summed E-state index contributed by atoms with van der Waals surface area (Å²) in [4.78, 5) is 15.2. The first kappa shape index (κ1) is 18.0. The fourth-order valence-electron chi connectivity index (χ4n) is 3.92. The Bertz CT molecular complexity index is 1130. The zero-order chi connectivity index (χ0) is 20.2. The second-order valence-corrected chi connectivity index (χ2v) is 7.75. The Labute approximate surface area is 173 Å². The van der Waals surface area contributed by atoms with E-state index in [0.717, 1.165) is 11.1 Å². The van der Waals surface area contributed by atoms with Crippen LogP contribution in [0.1, 0.15) is 22.3 Å². The molecule has 1 atom stereocenters. The van der Waals surface area contributed by atoms with E-state index in [2.05, 4.69) is 0 Å². The van der Waals surface area contributed by atoms with Crippen molar-refractivity contribution in [3.8, 4) is 11.5 Å². The first-order valence-electron chi connectivity index (χ1n) is 9.27. The van der Waals surface area contributed by atoms with Crippen molar-refractivity contribution in [2.75, 3.05) is 11.7 Å². The number of aliphatic hydroxyl groups is 1. The average Bonchev–Trinajstić information content (AvgIpc) is 3.27. The number of aryl methyl sites for hydroxylation is 1. The lowest BCUT2D eigenvalue weighted by Gasteiger charge is -2.24. The second kappa shape index (κ2) is 6.51. The molecule has 0 saturated heterocycles. The highest BCUT2D eigenvalue weighted by Crippen LogP contribution is 2.47. The lowest BCUT2D eigenvalue weighted by molar-refractivity contribution is -0.132. The molecule has 0 bridgehead atoms. The molecule has 2 aliphatic rings. The van der Waals surface area contributed by atoms with E-state index < -0.39 is 11.5 Å². The summed E-state index contributed by atoms with van der Waals surface area (Å²) < 4.78 is 10.8. The Kier molecular flexibility index (Phi) is 4.05. The number of carbonyl (C=O) groups excluding carboxylic acids is 1. The summed E-state index contributed by atoms with van der Waals surface area (Å²) in [5, 5.41) is 12.4. The van der Waals surface area contributed by atoms with Crippen LogP contribution in [0.3, 0.4) is 0 Å². The molecule has 0 radical (unpaired) electrons. The quantitative estimate of drug-likeness (QED) is 0.708. The van der Waals surface area contributed by atoms with Crippen molar-refractivity contribution in [1.29, 1.82) is 0 Å². The number of nitrogens with zero attached hydrogens (tertiary/aromatic N) is 1. The standard InChI is InChI=1S/C23H18ClNO4/c1-14-2-8-19-18(10-14)23(27,16-5-9-20-21(11-16)29-13-28-20)22(26)25(19)12-15-3-6-17(24)7-4-15/h2-11,27H,12-13H2,1H3. The van der Waals surface area contributed by atoms with Crippen molar-refractivity contribution in [3.63, 3.8) is 0 Å². The molecule has 29 heavy (non-hydrogen) atoms. The summed E-state index contributed by atoms with van der Waals surface area (Å²) in [6.07, 6.45) is 0. The summed E-state index contributed by atoms with van der Waals surface area (Å²) >= 11 is 5.98. The lowest BCUT2D eigenvalue weighted by Crippen LogP contribution is -2.40. The molecule has 0 fully saturated rings. The van der Waals surface area contributed by atoms with Gasteiger partial charge in [-0.1, -0.05) is 47.5 Å². The molecular formula is C23H18ClNO4. The molecule has 3 aromatic rings. The van der Waals surface area contributed by atoms with E-state index in [1.165, 1.54) is 0 Å². The molecule has 0 aromatic heterocycles. The minimum atomic E-state index is -1.80. The minimum Gasteiger partial charge on any atom is -0.454 e. The number of halogens is 1. The maximum Gasteiger partial charge on any atom is 0.268 e. The Morgan fingerprint density at radius 2 is 1.79 bits per heavy atom. The highest BCUT2D eigenvalue weighted by atomic mass is 35.5. The lowest BCUT2D eigenvalue weighted by atomic mass is 9.86. The van der Waals surface area contributed by atoms with E-state index in [9.17, 15) is 9.90 Å². The summed E-state index contributed by atoms with van der Waals surface area (Å²) in [6, 6.07) is 18.1. The summed E-state index contributed by atoms with van der Waals surface area (Å²) in [5.74, 6) is 0.728. The maximum atomic E-state index is 13.5. The third-order valence-corrected chi connectivity index (χ3v) is 5.68. The highest BCUT2D eigenvalue weighted by Gasteiger charge is 2.51. The van der Waals surface area contributed by atoms with Gasteiger partial charge in [-0.2, -0.15) is 0 Å². The highest BCUT2D eigenvalue weighted by molar-refractivity contribution is 6.30. The van der Waals surface area contributed by atoms with Crippen LogP contribution in [0.4, 0.5) is 5.69 Å². The number of benzene rings is 3. The maximum absolute atomic E-state index is 13.5. The number of amides is 1. The zero-order valence-electron chi connectivity index (χ0n) is 15.7. The van der Waals surface area contributed by atoms with Crippen molar-refractivity contribution < 1.29 is 19.4 Å². The van der Waals surface area contributed by atoms with Crippen molar-refractivity contribution >= 4 is 23.2 Å². The first-order chi connectivity index (χ1) is 14.0. The molecule has 6 heteroatoms. The molecule has 0 spiro atoms. The summed E-state index contributed by atoms with van der Waals surface area (Å²) in [7, 11) is 0. The number of rotatable bonds is 3. The van der Waals surface area contributed by atoms with Gasteiger partial charge in [0.1, 0.15) is 0 Å². The molecule has 2 heterocycles. The Balaban J connectivity index is 1.62. The molecule has 3 aromatic carbocycles. The van der Waals surface area contributed by atoms with Crippen molar-refractivity contribution in [1.82, 2.24) is 0 Å². The first-order valence-corrected chi connectivity index (χ1v) is 9.64. The van der Waals surface area contributed by atoms with Gasteiger partial charge < -0.3 is 19.5 Å². The molecule has 0 saturated carbocycles.